The lowest BCUT2D eigenvalue weighted by atomic mass is 10.1. The number of carbonyl (C=O) groups is 1. The third-order valence-corrected chi connectivity index (χ3v) is 4.37. The number of carbonyl (C=O) groups excluding carboxylic acids is 1. The van der Waals surface area contributed by atoms with Gasteiger partial charge in [0.15, 0.2) is 0 Å². The molecule has 0 bridgehead atoms. The van der Waals surface area contributed by atoms with Crippen molar-refractivity contribution in [1.29, 1.82) is 0 Å². The van der Waals surface area contributed by atoms with Gasteiger partial charge < -0.3 is 0 Å². The molecule has 3 aromatic carbocycles. The number of fused-ring (bicyclic) bond motifs is 1. The number of benzene rings is 3. The maximum Gasteiger partial charge on any atom is 0.289 e. The highest BCUT2D eigenvalue weighted by Gasteiger charge is 2.12. The van der Waals surface area contributed by atoms with Crippen LogP contribution in [0.25, 0.3) is 22.0 Å². The molecule has 0 atom stereocenters. The molecule has 142 valence electrons. The topological polar surface area (TPSA) is 113 Å². The minimum absolute atomic E-state index is 0.0920. The molecule has 0 unspecified atom stereocenters. The van der Waals surface area contributed by atoms with Crippen LogP contribution in [-0.4, -0.2) is 27.2 Å². The molecule has 4 rings (SSSR count). The van der Waals surface area contributed by atoms with E-state index in [4.69, 9.17) is 0 Å². The van der Waals surface area contributed by atoms with Crippen LogP contribution >= 0.6 is 0 Å². The Bertz CT molecular complexity index is 1250. The van der Waals surface area contributed by atoms with Crippen molar-refractivity contribution in [2.75, 3.05) is 0 Å². The van der Waals surface area contributed by atoms with E-state index in [0.717, 1.165) is 16.3 Å². The van der Waals surface area contributed by atoms with Crippen LogP contribution in [0.4, 0.5) is 5.69 Å². The smallest absolute Gasteiger partial charge is 0.272 e. The number of hydrogen-bond acceptors (Lipinski definition) is 5. The number of rotatable bonds is 5. The summed E-state index contributed by atoms with van der Waals surface area (Å²) in [5, 5.41) is 23.9. The van der Waals surface area contributed by atoms with Crippen molar-refractivity contribution in [3.8, 4) is 11.3 Å². The molecule has 1 aromatic heterocycles. The largest absolute Gasteiger partial charge is 0.289 e. The number of aromatic amines is 1. The highest BCUT2D eigenvalue weighted by molar-refractivity contribution is 5.95. The van der Waals surface area contributed by atoms with Gasteiger partial charge in [0.05, 0.1) is 22.4 Å². The molecule has 0 aliphatic carbocycles. The first-order chi connectivity index (χ1) is 14.1. The van der Waals surface area contributed by atoms with E-state index in [1.165, 1.54) is 12.3 Å². The van der Waals surface area contributed by atoms with E-state index in [0.29, 0.717) is 11.3 Å². The summed E-state index contributed by atoms with van der Waals surface area (Å²) in [5.74, 6) is -0.501. The van der Waals surface area contributed by atoms with Crippen molar-refractivity contribution < 1.29 is 9.72 Å². The van der Waals surface area contributed by atoms with Crippen molar-refractivity contribution in [2.24, 2.45) is 5.10 Å². The predicted octanol–water partition coefficient (Wildman–Crippen LogP) is 3.90. The van der Waals surface area contributed by atoms with E-state index in [2.05, 4.69) is 20.7 Å². The Morgan fingerprint density at radius 2 is 1.79 bits per heavy atom. The molecule has 0 spiro atoms. The zero-order valence-electron chi connectivity index (χ0n) is 15.1. The molecule has 1 heterocycles. The molecule has 0 aliphatic heterocycles. The Balaban J connectivity index is 1.49. The van der Waals surface area contributed by atoms with Gasteiger partial charge in [-0.15, -0.1) is 0 Å². The van der Waals surface area contributed by atoms with Gasteiger partial charge in [0.2, 0.25) is 0 Å². The number of nitrogens with one attached hydrogen (secondary N) is 2. The Kier molecular flexibility index (Phi) is 4.81. The van der Waals surface area contributed by atoms with Gasteiger partial charge in [0.25, 0.3) is 11.6 Å². The number of hydrogen-bond donors (Lipinski definition) is 2. The highest BCUT2D eigenvalue weighted by atomic mass is 16.6. The van der Waals surface area contributed by atoms with Gasteiger partial charge in [-0.1, -0.05) is 48.5 Å². The van der Waals surface area contributed by atoms with Gasteiger partial charge >= 0.3 is 0 Å². The van der Waals surface area contributed by atoms with E-state index >= 15 is 0 Å². The van der Waals surface area contributed by atoms with Gasteiger partial charge in [-0.05, 0) is 29.0 Å². The molecule has 0 aliphatic rings. The van der Waals surface area contributed by atoms with E-state index in [1.807, 2.05) is 42.5 Å². The molecule has 2 N–H and O–H groups in total. The van der Waals surface area contributed by atoms with Gasteiger partial charge in [-0.25, -0.2) is 5.43 Å². The summed E-state index contributed by atoms with van der Waals surface area (Å²) >= 11 is 0. The number of amides is 1. The lowest BCUT2D eigenvalue weighted by molar-refractivity contribution is -0.385. The number of hydrazone groups is 1. The van der Waals surface area contributed by atoms with Crippen LogP contribution < -0.4 is 5.43 Å². The van der Waals surface area contributed by atoms with E-state index in [-0.39, 0.29) is 11.4 Å². The van der Waals surface area contributed by atoms with Crippen LogP contribution in [0, 0.1) is 10.1 Å². The third-order valence-electron chi connectivity index (χ3n) is 4.37. The Morgan fingerprint density at radius 3 is 2.62 bits per heavy atom. The standard InChI is InChI=1S/C21H15N5O3/c27-21(25-22-13-17-7-3-4-8-20(17)26(28)29)19-12-18(23-24-19)16-10-9-14-5-1-2-6-15(14)11-16/h1-13H,(H,23,24)(H,25,27)/b22-13-. The number of nitro groups is 1. The lowest BCUT2D eigenvalue weighted by Crippen LogP contribution is -2.18. The number of H-pyrrole nitrogens is 1. The number of aromatic nitrogens is 2. The average molecular weight is 385 g/mol. The van der Waals surface area contributed by atoms with Crippen LogP contribution in [-0.2, 0) is 0 Å². The summed E-state index contributed by atoms with van der Waals surface area (Å²) in [5.41, 5.74) is 4.28. The Hall–Kier alpha value is -4.33. The van der Waals surface area contributed by atoms with Crippen LogP contribution in [0.3, 0.4) is 0 Å². The molecule has 0 saturated carbocycles. The summed E-state index contributed by atoms with van der Waals surface area (Å²) in [6.07, 6.45) is 1.23. The molecule has 1 amide bonds. The van der Waals surface area contributed by atoms with Crippen molar-refractivity contribution in [3.63, 3.8) is 0 Å². The maximum atomic E-state index is 12.3. The minimum Gasteiger partial charge on any atom is -0.272 e. The van der Waals surface area contributed by atoms with E-state index in [1.54, 1.807) is 24.3 Å². The second-order valence-corrected chi connectivity index (χ2v) is 6.24. The van der Waals surface area contributed by atoms with Crippen LogP contribution in [0.5, 0.6) is 0 Å². The zero-order chi connectivity index (χ0) is 20.2. The van der Waals surface area contributed by atoms with E-state index < -0.39 is 10.8 Å². The van der Waals surface area contributed by atoms with E-state index in [9.17, 15) is 14.9 Å². The summed E-state index contributed by atoms with van der Waals surface area (Å²) in [6, 6.07) is 21.7. The van der Waals surface area contributed by atoms with Gasteiger partial charge in [0, 0.05) is 11.6 Å². The molecule has 8 nitrogen and oxygen atoms in total. The molecule has 0 radical (unpaired) electrons. The molecule has 0 saturated heterocycles. The highest BCUT2D eigenvalue weighted by Crippen LogP contribution is 2.23. The van der Waals surface area contributed by atoms with Gasteiger partial charge in [0.1, 0.15) is 5.69 Å². The van der Waals surface area contributed by atoms with Crippen molar-refractivity contribution in [3.05, 3.63) is 94.2 Å². The molecule has 29 heavy (non-hydrogen) atoms. The maximum absolute atomic E-state index is 12.3. The predicted molar refractivity (Wildman–Crippen MR) is 110 cm³/mol. The van der Waals surface area contributed by atoms with Crippen molar-refractivity contribution in [2.45, 2.75) is 0 Å². The van der Waals surface area contributed by atoms with Gasteiger partial charge in [-0.2, -0.15) is 10.2 Å². The van der Waals surface area contributed by atoms with Crippen LogP contribution in [0.15, 0.2) is 77.9 Å². The molecule has 4 aromatic rings. The summed E-state index contributed by atoms with van der Waals surface area (Å²) in [4.78, 5) is 22.8. The molecular weight excluding hydrogens is 370 g/mol. The fourth-order valence-electron chi connectivity index (χ4n) is 2.92. The third kappa shape index (κ3) is 3.86. The van der Waals surface area contributed by atoms with Crippen molar-refractivity contribution >= 4 is 28.6 Å². The number of para-hydroxylation sites is 1. The Labute approximate surface area is 165 Å². The Morgan fingerprint density at radius 1 is 1.03 bits per heavy atom. The van der Waals surface area contributed by atoms with Crippen LogP contribution in [0.2, 0.25) is 0 Å². The second kappa shape index (κ2) is 7.73. The zero-order valence-corrected chi connectivity index (χ0v) is 15.1. The monoisotopic (exact) mass is 385 g/mol. The normalized spacial score (nSPS) is 11.0. The number of nitro benzene ring substituents is 1. The summed E-state index contributed by atoms with van der Waals surface area (Å²) in [6.45, 7) is 0. The fraction of sp³-hybridized carbons (Fsp3) is 0. The first-order valence-corrected chi connectivity index (χ1v) is 8.73. The quantitative estimate of drug-likeness (QED) is 0.308. The van der Waals surface area contributed by atoms with Crippen molar-refractivity contribution in [1.82, 2.24) is 15.6 Å². The second-order valence-electron chi connectivity index (χ2n) is 6.24. The van der Waals surface area contributed by atoms with Gasteiger partial charge in [-0.3, -0.25) is 20.0 Å². The molecular formula is C21H15N5O3. The minimum atomic E-state index is -0.506. The fourth-order valence-corrected chi connectivity index (χ4v) is 2.92. The first kappa shape index (κ1) is 18.1. The average Bonchev–Trinajstić information content (AvgIpc) is 3.24. The SMILES string of the molecule is O=C(N/N=C\c1ccccc1[N+](=O)[O-])c1cc(-c2ccc3ccccc3c2)n[nH]1. The summed E-state index contributed by atoms with van der Waals surface area (Å²) in [7, 11) is 0. The first-order valence-electron chi connectivity index (χ1n) is 8.73. The molecule has 8 heteroatoms. The van der Waals surface area contributed by atoms with Crippen LogP contribution in [0.1, 0.15) is 16.1 Å². The molecule has 0 fully saturated rings. The summed E-state index contributed by atoms with van der Waals surface area (Å²) < 4.78 is 0. The number of nitrogens with zero attached hydrogens (tertiary/aromatic N) is 3. The lowest BCUT2D eigenvalue weighted by Gasteiger charge is -2.00.